The third-order valence-electron chi connectivity index (χ3n) is 4.90. The van der Waals surface area contributed by atoms with Crippen molar-refractivity contribution in [3.63, 3.8) is 0 Å². The number of hydrogen-bond donors (Lipinski definition) is 1. The molecule has 1 aliphatic heterocycles. The van der Waals surface area contributed by atoms with Crippen LogP contribution in [-0.4, -0.2) is 62.6 Å². The van der Waals surface area contributed by atoms with Gasteiger partial charge in [0.25, 0.3) is 11.5 Å². The van der Waals surface area contributed by atoms with Gasteiger partial charge in [0.05, 0.1) is 18.5 Å². The summed E-state index contributed by atoms with van der Waals surface area (Å²) in [4.78, 5) is 44.6. The average Bonchev–Trinajstić information content (AvgIpc) is 2.93. The summed E-state index contributed by atoms with van der Waals surface area (Å²) in [6.07, 6.45) is 4.51. The van der Waals surface area contributed by atoms with Crippen LogP contribution in [0.4, 0.5) is 0 Å². The highest BCUT2D eigenvalue weighted by Gasteiger charge is 2.27. The molecule has 1 atom stereocenters. The first-order chi connectivity index (χ1) is 14.5. The normalized spacial score (nSPS) is 16.4. The summed E-state index contributed by atoms with van der Waals surface area (Å²) >= 11 is 0. The first-order valence-electron chi connectivity index (χ1n) is 9.43. The van der Waals surface area contributed by atoms with Crippen LogP contribution in [0.25, 0.3) is 11.4 Å². The second-order valence-electron chi connectivity index (χ2n) is 6.95. The Labute approximate surface area is 172 Å². The zero-order valence-electron chi connectivity index (χ0n) is 16.6. The fraction of sp³-hybridized carbons (Fsp3) is 0.300. The van der Waals surface area contributed by atoms with Crippen LogP contribution >= 0.6 is 0 Å². The van der Waals surface area contributed by atoms with Gasteiger partial charge in [0.1, 0.15) is 29.6 Å². The van der Waals surface area contributed by atoms with Gasteiger partial charge in [-0.3, -0.25) is 19.1 Å². The summed E-state index contributed by atoms with van der Waals surface area (Å²) in [7, 11) is 3.46. The van der Waals surface area contributed by atoms with Crippen LogP contribution in [-0.2, 0) is 6.54 Å². The molecule has 0 aliphatic carbocycles. The fourth-order valence-corrected chi connectivity index (χ4v) is 3.35. The molecule has 0 saturated carbocycles. The van der Waals surface area contributed by atoms with Crippen LogP contribution in [0.1, 0.15) is 22.4 Å². The molecule has 0 aromatic carbocycles. The lowest BCUT2D eigenvalue weighted by molar-refractivity contribution is 0.0922. The van der Waals surface area contributed by atoms with Gasteiger partial charge < -0.3 is 15.0 Å². The molecule has 0 spiro atoms. The average molecular weight is 407 g/mol. The molecule has 154 valence electrons. The fourth-order valence-electron chi connectivity index (χ4n) is 3.35. The molecule has 3 aromatic rings. The van der Waals surface area contributed by atoms with Gasteiger partial charge in [-0.1, -0.05) is 0 Å². The van der Waals surface area contributed by atoms with E-state index in [0.29, 0.717) is 42.6 Å². The Bertz CT molecular complexity index is 1120. The minimum Gasteiger partial charge on any atom is -0.497 e. The van der Waals surface area contributed by atoms with E-state index in [1.165, 1.54) is 25.7 Å². The number of pyridine rings is 1. The number of carbonyl (C=O) groups is 1. The molecule has 0 saturated heterocycles. The van der Waals surface area contributed by atoms with Gasteiger partial charge in [0, 0.05) is 44.2 Å². The number of ether oxygens (including phenoxy) is 1. The standard InChI is InChI=1S/C20H21N7O3/c1-26-7-8-27-18(28)10-15(14-4-5-21-12-23-14)24-19(27)17(11-26)25-20(29)16-9-13(30-2)3-6-22-16/h3-6,9-10,12,17H,7-8,11H2,1-2H3,(H,25,29). The number of fused-ring (bicyclic) bond motifs is 1. The summed E-state index contributed by atoms with van der Waals surface area (Å²) in [5.74, 6) is 0.646. The number of carbonyl (C=O) groups excluding carboxylic acids is 1. The molecule has 1 N–H and O–H groups in total. The lowest BCUT2D eigenvalue weighted by Crippen LogP contribution is -2.37. The van der Waals surface area contributed by atoms with E-state index in [1.807, 2.05) is 11.9 Å². The van der Waals surface area contributed by atoms with Gasteiger partial charge in [0.2, 0.25) is 0 Å². The van der Waals surface area contributed by atoms with Gasteiger partial charge in [0.15, 0.2) is 0 Å². The number of hydrogen-bond acceptors (Lipinski definition) is 8. The largest absolute Gasteiger partial charge is 0.497 e. The van der Waals surface area contributed by atoms with E-state index in [-0.39, 0.29) is 17.2 Å². The van der Waals surface area contributed by atoms with E-state index < -0.39 is 6.04 Å². The van der Waals surface area contributed by atoms with Crippen molar-refractivity contribution in [1.29, 1.82) is 0 Å². The van der Waals surface area contributed by atoms with Crippen molar-refractivity contribution in [3.8, 4) is 17.1 Å². The summed E-state index contributed by atoms with van der Waals surface area (Å²) in [6, 6.07) is 5.87. The van der Waals surface area contributed by atoms with E-state index in [2.05, 4.69) is 25.3 Å². The predicted octanol–water partition coefficient (Wildman–Crippen LogP) is 0.520. The molecular weight excluding hydrogens is 386 g/mol. The molecule has 30 heavy (non-hydrogen) atoms. The highest BCUT2D eigenvalue weighted by molar-refractivity contribution is 5.92. The molecule has 10 nitrogen and oxygen atoms in total. The number of methoxy groups -OCH3 is 1. The molecular formula is C20H21N7O3. The maximum absolute atomic E-state index is 12.9. The van der Waals surface area contributed by atoms with Crippen molar-refractivity contribution in [1.82, 2.24) is 34.7 Å². The van der Waals surface area contributed by atoms with Crippen LogP contribution in [0.15, 0.2) is 47.8 Å². The first kappa shape index (κ1) is 19.6. The molecule has 1 aliphatic rings. The Morgan fingerprint density at radius 1 is 1.17 bits per heavy atom. The minimum atomic E-state index is -0.507. The van der Waals surface area contributed by atoms with Gasteiger partial charge in [-0.25, -0.2) is 15.0 Å². The van der Waals surface area contributed by atoms with E-state index in [0.717, 1.165) is 0 Å². The van der Waals surface area contributed by atoms with E-state index in [9.17, 15) is 9.59 Å². The highest BCUT2D eigenvalue weighted by atomic mass is 16.5. The molecule has 4 heterocycles. The number of aromatic nitrogens is 5. The van der Waals surface area contributed by atoms with Gasteiger partial charge >= 0.3 is 0 Å². The summed E-state index contributed by atoms with van der Waals surface area (Å²) in [5, 5.41) is 2.97. The second-order valence-corrected chi connectivity index (χ2v) is 6.95. The van der Waals surface area contributed by atoms with Crippen molar-refractivity contribution >= 4 is 5.91 Å². The molecule has 4 rings (SSSR count). The molecule has 3 aromatic heterocycles. The van der Waals surface area contributed by atoms with Gasteiger partial charge in [-0.2, -0.15) is 0 Å². The van der Waals surface area contributed by atoms with Gasteiger partial charge in [-0.05, 0) is 19.2 Å². The Balaban J connectivity index is 1.72. The zero-order chi connectivity index (χ0) is 21.1. The predicted molar refractivity (Wildman–Crippen MR) is 108 cm³/mol. The summed E-state index contributed by atoms with van der Waals surface area (Å²) in [5.41, 5.74) is 1.02. The SMILES string of the molecule is COc1ccnc(C(=O)NC2CN(C)CCn3c2nc(-c2ccncn2)cc3=O)c1. The van der Waals surface area contributed by atoms with E-state index in [4.69, 9.17) is 4.74 Å². The molecule has 0 bridgehead atoms. The molecule has 10 heteroatoms. The Morgan fingerprint density at radius 3 is 2.80 bits per heavy atom. The number of nitrogens with zero attached hydrogens (tertiary/aromatic N) is 6. The van der Waals surface area contributed by atoms with E-state index in [1.54, 1.807) is 29.0 Å². The Hall–Kier alpha value is -3.66. The van der Waals surface area contributed by atoms with Gasteiger partial charge in [-0.15, -0.1) is 0 Å². The maximum atomic E-state index is 12.9. The third-order valence-corrected chi connectivity index (χ3v) is 4.90. The van der Waals surface area contributed by atoms with Crippen LogP contribution in [0.2, 0.25) is 0 Å². The van der Waals surface area contributed by atoms with Crippen molar-refractivity contribution in [3.05, 3.63) is 64.9 Å². The molecule has 1 unspecified atom stereocenters. The number of amides is 1. The molecule has 0 fully saturated rings. The third kappa shape index (κ3) is 4.03. The molecule has 1 amide bonds. The van der Waals surface area contributed by atoms with Crippen molar-refractivity contribution in [2.24, 2.45) is 0 Å². The highest BCUT2D eigenvalue weighted by Crippen LogP contribution is 2.20. The topological polar surface area (TPSA) is 115 Å². The number of rotatable bonds is 4. The lowest BCUT2D eigenvalue weighted by atomic mass is 10.2. The minimum absolute atomic E-state index is 0.192. The van der Waals surface area contributed by atoms with Crippen molar-refractivity contribution in [2.75, 3.05) is 27.2 Å². The summed E-state index contributed by atoms with van der Waals surface area (Å²) < 4.78 is 6.77. The zero-order valence-corrected chi connectivity index (χ0v) is 16.6. The van der Waals surface area contributed by atoms with Crippen LogP contribution in [0.5, 0.6) is 5.75 Å². The second kappa shape index (κ2) is 8.37. The smallest absolute Gasteiger partial charge is 0.270 e. The first-order valence-corrected chi connectivity index (χ1v) is 9.43. The van der Waals surface area contributed by atoms with Crippen LogP contribution in [0.3, 0.4) is 0 Å². The number of likely N-dealkylation sites (N-methyl/N-ethyl adjacent to an activating group) is 1. The number of nitrogens with one attached hydrogen (secondary N) is 1. The lowest BCUT2D eigenvalue weighted by Gasteiger charge is -2.21. The summed E-state index contributed by atoms with van der Waals surface area (Å²) in [6.45, 7) is 1.63. The Morgan fingerprint density at radius 2 is 2.03 bits per heavy atom. The molecule has 0 radical (unpaired) electrons. The van der Waals surface area contributed by atoms with Crippen molar-refractivity contribution in [2.45, 2.75) is 12.6 Å². The monoisotopic (exact) mass is 407 g/mol. The van der Waals surface area contributed by atoms with Crippen molar-refractivity contribution < 1.29 is 9.53 Å². The van der Waals surface area contributed by atoms with E-state index >= 15 is 0 Å². The Kier molecular flexibility index (Phi) is 5.48. The van der Waals surface area contributed by atoms with Crippen LogP contribution in [0, 0.1) is 0 Å². The maximum Gasteiger partial charge on any atom is 0.270 e. The van der Waals surface area contributed by atoms with Crippen LogP contribution < -0.4 is 15.6 Å². The quantitative estimate of drug-likeness (QED) is 0.666.